The van der Waals surface area contributed by atoms with E-state index in [0.29, 0.717) is 5.56 Å². The van der Waals surface area contributed by atoms with E-state index in [-0.39, 0.29) is 18.6 Å². The van der Waals surface area contributed by atoms with E-state index in [9.17, 15) is 9.90 Å². The Balaban J connectivity index is 2.15. The molecule has 1 heterocycles. The summed E-state index contributed by atoms with van der Waals surface area (Å²) >= 11 is 4.20. The third-order valence-corrected chi connectivity index (χ3v) is 3.51. The van der Waals surface area contributed by atoms with Crippen LogP contribution in [0.5, 0.6) is 0 Å². The lowest BCUT2D eigenvalue weighted by molar-refractivity contribution is 0.0503. The summed E-state index contributed by atoms with van der Waals surface area (Å²) < 4.78 is 0. The van der Waals surface area contributed by atoms with Gasteiger partial charge in [-0.2, -0.15) is 0 Å². The van der Waals surface area contributed by atoms with E-state index in [1.807, 2.05) is 12.1 Å². The number of nitrogens with zero attached hydrogens (tertiary/aromatic N) is 1. The number of hydrogen-bond acceptors (Lipinski definition) is 3. The van der Waals surface area contributed by atoms with Gasteiger partial charge in [-0.1, -0.05) is 0 Å². The first-order valence-electron chi connectivity index (χ1n) is 5.93. The molecule has 0 aliphatic carbocycles. The summed E-state index contributed by atoms with van der Waals surface area (Å²) in [5.41, 5.74) is 0.670. The van der Waals surface area contributed by atoms with Gasteiger partial charge in [-0.15, -0.1) is 12.6 Å². The number of thiol groups is 1. The molecule has 4 heteroatoms. The largest absolute Gasteiger partial charge is 0.394 e. The van der Waals surface area contributed by atoms with Crippen LogP contribution in [0.1, 0.15) is 29.6 Å². The summed E-state index contributed by atoms with van der Waals surface area (Å²) in [6.45, 7) is 0.795. The van der Waals surface area contributed by atoms with Gasteiger partial charge in [0.15, 0.2) is 0 Å². The standard InChI is InChI=1S/C13H17NO2S/c15-9-11-3-1-2-8-14(11)13(16)10-4-6-12(17)7-5-10/h4-7,11,15,17H,1-3,8-9H2. The van der Waals surface area contributed by atoms with E-state index in [4.69, 9.17) is 0 Å². The molecule has 1 aliphatic heterocycles. The molecule has 0 saturated carbocycles. The summed E-state index contributed by atoms with van der Waals surface area (Å²) in [4.78, 5) is 14.9. The third kappa shape index (κ3) is 2.82. The van der Waals surface area contributed by atoms with E-state index in [0.717, 1.165) is 30.7 Å². The first-order chi connectivity index (χ1) is 8.22. The SMILES string of the molecule is O=C(c1ccc(S)cc1)N1CCCCC1CO. The highest BCUT2D eigenvalue weighted by Gasteiger charge is 2.26. The monoisotopic (exact) mass is 251 g/mol. The molecule has 1 amide bonds. The van der Waals surface area contributed by atoms with Crippen LogP contribution in [0.3, 0.4) is 0 Å². The second-order valence-electron chi connectivity index (χ2n) is 4.38. The molecule has 1 saturated heterocycles. The lowest BCUT2D eigenvalue weighted by atomic mass is 10.0. The minimum atomic E-state index is -0.0214. The van der Waals surface area contributed by atoms with Crippen molar-refractivity contribution in [2.45, 2.75) is 30.2 Å². The van der Waals surface area contributed by atoms with Gasteiger partial charge >= 0.3 is 0 Å². The Hall–Kier alpha value is -1.00. The van der Waals surface area contributed by atoms with E-state index >= 15 is 0 Å². The van der Waals surface area contributed by atoms with Crippen molar-refractivity contribution in [2.24, 2.45) is 0 Å². The van der Waals surface area contributed by atoms with Gasteiger partial charge in [0.2, 0.25) is 0 Å². The van der Waals surface area contributed by atoms with Crippen molar-refractivity contribution in [3.8, 4) is 0 Å². The fraction of sp³-hybridized carbons (Fsp3) is 0.462. The Morgan fingerprint density at radius 1 is 1.35 bits per heavy atom. The average molecular weight is 251 g/mol. The maximum absolute atomic E-state index is 12.3. The zero-order valence-electron chi connectivity index (χ0n) is 9.67. The van der Waals surface area contributed by atoms with Gasteiger partial charge in [0.05, 0.1) is 12.6 Å². The van der Waals surface area contributed by atoms with Crippen molar-refractivity contribution in [3.63, 3.8) is 0 Å². The molecular formula is C13H17NO2S. The topological polar surface area (TPSA) is 40.5 Å². The predicted molar refractivity (Wildman–Crippen MR) is 69.5 cm³/mol. The molecule has 0 spiro atoms. The van der Waals surface area contributed by atoms with Crippen LogP contribution in [0.15, 0.2) is 29.2 Å². The number of aliphatic hydroxyl groups is 1. The second kappa shape index (κ2) is 5.56. The summed E-state index contributed by atoms with van der Waals surface area (Å²) in [7, 11) is 0. The lowest BCUT2D eigenvalue weighted by Crippen LogP contribution is -2.45. The minimum Gasteiger partial charge on any atom is -0.394 e. The van der Waals surface area contributed by atoms with Crippen molar-refractivity contribution < 1.29 is 9.90 Å². The number of benzene rings is 1. The number of rotatable bonds is 2. The molecule has 2 rings (SSSR count). The first kappa shape index (κ1) is 12.5. The molecule has 1 aliphatic rings. The number of aliphatic hydroxyl groups excluding tert-OH is 1. The van der Waals surface area contributed by atoms with Gasteiger partial charge in [0.25, 0.3) is 5.91 Å². The van der Waals surface area contributed by atoms with Crippen LogP contribution in [0.25, 0.3) is 0 Å². The maximum Gasteiger partial charge on any atom is 0.254 e. The van der Waals surface area contributed by atoms with Gasteiger partial charge in [0.1, 0.15) is 0 Å². The molecule has 0 radical (unpaired) electrons. The number of amides is 1. The molecule has 1 aromatic carbocycles. The number of carbonyl (C=O) groups is 1. The fourth-order valence-electron chi connectivity index (χ4n) is 2.23. The number of hydrogen-bond donors (Lipinski definition) is 2. The van der Waals surface area contributed by atoms with Gasteiger partial charge < -0.3 is 10.0 Å². The van der Waals surface area contributed by atoms with Gasteiger partial charge in [-0.25, -0.2) is 0 Å². The summed E-state index contributed by atoms with van der Waals surface area (Å²) in [6.07, 6.45) is 3.00. The fourth-order valence-corrected chi connectivity index (χ4v) is 2.38. The van der Waals surface area contributed by atoms with E-state index in [1.165, 1.54) is 0 Å². The van der Waals surface area contributed by atoms with Crippen LogP contribution in [0.2, 0.25) is 0 Å². The van der Waals surface area contributed by atoms with E-state index < -0.39 is 0 Å². The Bertz CT molecular complexity index is 391. The summed E-state index contributed by atoms with van der Waals surface area (Å²) in [5, 5.41) is 9.30. The Morgan fingerprint density at radius 2 is 2.06 bits per heavy atom. The highest BCUT2D eigenvalue weighted by atomic mass is 32.1. The molecule has 1 atom stereocenters. The molecule has 92 valence electrons. The van der Waals surface area contributed by atoms with Crippen molar-refractivity contribution >= 4 is 18.5 Å². The first-order valence-corrected chi connectivity index (χ1v) is 6.38. The smallest absolute Gasteiger partial charge is 0.254 e. The zero-order valence-corrected chi connectivity index (χ0v) is 10.6. The lowest BCUT2D eigenvalue weighted by Gasteiger charge is -2.34. The van der Waals surface area contributed by atoms with Crippen LogP contribution in [-0.2, 0) is 0 Å². The number of carbonyl (C=O) groups excluding carboxylic acids is 1. The Kier molecular flexibility index (Phi) is 4.07. The van der Waals surface area contributed by atoms with Crippen molar-refractivity contribution in [1.82, 2.24) is 4.90 Å². The number of likely N-dealkylation sites (tertiary alicyclic amines) is 1. The molecule has 17 heavy (non-hydrogen) atoms. The number of piperidine rings is 1. The Morgan fingerprint density at radius 3 is 2.71 bits per heavy atom. The van der Waals surface area contributed by atoms with Crippen molar-refractivity contribution in [2.75, 3.05) is 13.2 Å². The minimum absolute atomic E-state index is 0.0112. The van der Waals surface area contributed by atoms with E-state index in [1.54, 1.807) is 17.0 Å². The van der Waals surface area contributed by atoms with Crippen LogP contribution in [0.4, 0.5) is 0 Å². The molecule has 1 aromatic rings. The quantitative estimate of drug-likeness (QED) is 0.789. The average Bonchev–Trinajstić information content (AvgIpc) is 2.39. The second-order valence-corrected chi connectivity index (χ2v) is 4.89. The third-order valence-electron chi connectivity index (χ3n) is 3.21. The molecule has 1 unspecified atom stereocenters. The molecule has 1 fully saturated rings. The van der Waals surface area contributed by atoms with Crippen molar-refractivity contribution in [3.05, 3.63) is 29.8 Å². The molecule has 0 bridgehead atoms. The Labute approximate surface area is 107 Å². The van der Waals surface area contributed by atoms with Crippen molar-refractivity contribution in [1.29, 1.82) is 0 Å². The van der Waals surface area contributed by atoms with Gasteiger partial charge in [-0.3, -0.25) is 4.79 Å². The molecule has 0 aromatic heterocycles. The summed E-state index contributed by atoms with van der Waals surface area (Å²) in [6, 6.07) is 7.18. The molecule has 1 N–H and O–H groups in total. The highest BCUT2D eigenvalue weighted by Crippen LogP contribution is 2.20. The van der Waals surface area contributed by atoms with Gasteiger partial charge in [0, 0.05) is 17.0 Å². The van der Waals surface area contributed by atoms with Crippen LogP contribution in [-0.4, -0.2) is 35.1 Å². The van der Waals surface area contributed by atoms with Crippen LogP contribution < -0.4 is 0 Å². The zero-order chi connectivity index (χ0) is 12.3. The predicted octanol–water partition coefficient (Wildman–Crippen LogP) is 1.96. The molecule has 3 nitrogen and oxygen atoms in total. The highest BCUT2D eigenvalue weighted by molar-refractivity contribution is 7.80. The van der Waals surface area contributed by atoms with Crippen LogP contribution >= 0.6 is 12.6 Å². The van der Waals surface area contributed by atoms with Gasteiger partial charge in [-0.05, 0) is 43.5 Å². The van der Waals surface area contributed by atoms with Crippen LogP contribution in [0, 0.1) is 0 Å². The van der Waals surface area contributed by atoms with E-state index in [2.05, 4.69) is 12.6 Å². The normalized spacial score (nSPS) is 20.4. The maximum atomic E-state index is 12.3. The molecular weight excluding hydrogens is 234 g/mol. The summed E-state index contributed by atoms with van der Waals surface area (Å²) in [5.74, 6) is 0.0112.